The lowest BCUT2D eigenvalue weighted by molar-refractivity contribution is 0.0672. The molecule has 0 saturated heterocycles. The van der Waals surface area contributed by atoms with Crippen LogP contribution in [0.1, 0.15) is 58.8 Å². The molecule has 0 aliphatic carbocycles. The number of aryl methyl sites for hydroxylation is 1. The van der Waals surface area contributed by atoms with Crippen LogP contribution in [0.4, 0.5) is 0 Å². The second kappa shape index (κ2) is 8.65. The first-order valence-corrected chi connectivity index (χ1v) is 10.1. The Morgan fingerprint density at radius 2 is 1.86 bits per heavy atom. The Hall–Kier alpha value is -2.53. The minimum Gasteiger partial charge on any atom is -0.390 e. The Morgan fingerprint density at radius 3 is 2.54 bits per heavy atom. The van der Waals surface area contributed by atoms with E-state index in [1.807, 2.05) is 50.6 Å². The summed E-state index contributed by atoms with van der Waals surface area (Å²) < 4.78 is 2.22. The van der Waals surface area contributed by atoms with Crippen LogP contribution in [-0.2, 0) is 6.42 Å². The standard InChI is InChI=1S/C23H30N4O/c1-5-20-24-15-13-19(26-20)22-21(18-11-7-6-8-12-18)25-16-27(22)17(2)10-9-14-23(3,4)28/h6-8,11-13,15-17,28H,5,9-10,14H2,1-4H3/t17-/m1/s1. The molecule has 28 heavy (non-hydrogen) atoms. The van der Waals surface area contributed by atoms with Crippen LogP contribution in [0.3, 0.4) is 0 Å². The summed E-state index contributed by atoms with van der Waals surface area (Å²) in [4.78, 5) is 13.9. The highest BCUT2D eigenvalue weighted by atomic mass is 16.3. The molecule has 0 aliphatic heterocycles. The van der Waals surface area contributed by atoms with Crippen molar-refractivity contribution in [1.29, 1.82) is 0 Å². The summed E-state index contributed by atoms with van der Waals surface area (Å²) in [6.07, 6.45) is 7.23. The molecule has 1 N–H and O–H groups in total. The van der Waals surface area contributed by atoms with Crippen LogP contribution in [0.5, 0.6) is 0 Å². The van der Waals surface area contributed by atoms with E-state index in [0.29, 0.717) is 0 Å². The summed E-state index contributed by atoms with van der Waals surface area (Å²) >= 11 is 0. The molecule has 3 aromatic rings. The Morgan fingerprint density at radius 1 is 1.11 bits per heavy atom. The van der Waals surface area contributed by atoms with Gasteiger partial charge in [-0.3, -0.25) is 0 Å². The van der Waals surface area contributed by atoms with Gasteiger partial charge in [0.05, 0.1) is 29.0 Å². The van der Waals surface area contributed by atoms with Gasteiger partial charge in [0.25, 0.3) is 0 Å². The summed E-state index contributed by atoms with van der Waals surface area (Å²) in [6.45, 7) is 7.99. The van der Waals surface area contributed by atoms with Gasteiger partial charge in [-0.2, -0.15) is 0 Å². The Balaban J connectivity index is 1.99. The van der Waals surface area contributed by atoms with E-state index >= 15 is 0 Å². The van der Waals surface area contributed by atoms with Gasteiger partial charge in [0.15, 0.2) is 0 Å². The lowest BCUT2D eigenvalue weighted by Gasteiger charge is -2.20. The van der Waals surface area contributed by atoms with Crippen LogP contribution < -0.4 is 0 Å². The van der Waals surface area contributed by atoms with Gasteiger partial charge in [-0.1, -0.05) is 37.3 Å². The lowest BCUT2D eigenvalue weighted by Crippen LogP contribution is -2.18. The maximum atomic E-state index is 10.0. The second-order valence-electron chi connectivity index (χ2n) is 7.98. The van der Waals surface area contributed by atoms with E-state index in [2.05, 4.69) is 35.5 Å². The molecule has 0 fully saturated rings. The molecule has 0 spiro atoms. The number of imidazole rings is 1. The maximum absolute atomic E-state index is 10.0. The molecule has 5 heteroatoms. The molecule has 148 valence electrons. The van der Waals surface area contributed by atoms with Crippen LogP contribution in [0.15, 0.2) is 48.9 Å². The van der Waals surface area contributed by atoms with Crippen molar-refractivity contribution in [3.63, 3.8) is 0 Å². The highest BCUT2D eigenvalue weighted by Gasteiger charge is 2.20. The van der Waals surface area contributed by atoms with Gasteiger partial charge in [0.2, 0.25) is 0 Å². The average Bonchev–Trinajstić information content (AvgIpc) is 3.13. The molecule has 0 aliphatic rings. The first kappa shape index (κ1) is 20.2. The molecule has 0 unspecified atom stereocenters. The monoisotopic (exact) mass is 378 g/mol. The summed E-state index contributed by atoms with van der Waals surface area (Å²) in [6, 6.07) is 12.4. The van der Waals surface area contributed by atoms with E-state index in [4.69, 9.17) is 9.97 Å². The van der Waals surface area contributed by atoms with Crippen molar-refractivity contribution in [1.82, 2.24) is 19.5 Å². The first-order valence-electron chi connectivity index (χ1n) is 10.1. The second-order valence-corrected chi connectivity index (χ2v) is 7.98. The van der Waals surface area contributed by atoms with E-state index in [0.717, 1.165) is 54.2 Å². The van der Waals surface area contributed by atoms with Crippen molar-refractivity contribution in [2.24, 2.45) is 0 Å². The predicted octanol–water partition coefficient (Wildman–Crippen LogP) is 5.07. The van der Waals surface area contributed by atoms with E-state index in [9.17, 15) is 5.11 Å². The van der Waals surface area contributed by atoms with E-state index in [1.54, 1.807) is 0 Å². The van der Waals surface area contributed by atoms with Gasteiger partial charge < -0.3 is 9.67 Å². The van der Waals surface area contributed by atoms with Gasteiger partial charge >= 0.3 is 0 Å². The number of nitrogens with zero attached hydrogens (tertiary/aromatic N) is 4. The summed E-state index contributed by atoms with van der Waals surface area (Å²) in [5.74, 6) is 0.832. The zero-order valence-electron chi connectivity index (χ0n) is 17.3. The van der Waals surface area contributed by atoms with E-state index in [-0.39, 0.29) is 6.04 Å². The SMILES string of the molecule is CCc1nccc(-c2c(-c3ccccc3)ncn2[C@H](C)CCCC(C)(C)O)n1. The molecule has 5 nitrogen and oxygen atoms in total. The van der Waals surface area contributed by atoms with Gasteiger partial charge in [0.1, 0.15) is 5.82 Å². The number of hydrogen-bond acceptors (Lipinski definition) is 4. The van der Waals surface area contributed by atoms with Gasteiger partial charge in [-0.15, -0.1) is 0 Å². The van der Waals surface area contributed by atoms with Gasteiger partial charge in [-0.05, 0) is 46.1 Å². The van der Waals surface area contributed by atoms with E-state index in [1.165, 1.54) is 0 Å². The predicted molar refractivity (Wildman–Crippen MR) is 113 cm³/mol. The molecule has 2 aromatic heterocycles. The Bertz CT molecular complexity index is 896. The third-order valence-electron chi connectivity index (χ3n) is 4.99. The van der Waals surface area contributed by atoms with Crippen molar-refractivity contribution in [2.45, 2.75) is 65.0 Å². The molecule has 2 heterocycles. The summed E-state index contributed by atoms with van der Waals surface area (Å²) in [5.41, 5.74) is 3.32. The Kier molecular flexibility index (Phi) is 6.25. The third-order valence-corrected chi connectivity index (χ3v) is 4.99. The molecule has 0 saturated carbocycles. The molecule has 0 bridgehead atoms. The van der Waals surface area contributed by atoms with Gasteiger partial charge in [-0.25, -0.2) is 15.0 Å². The average molecular weight is 379 g/mol. The minimum absolute atomic E-state index is 0.252. The third kappa shape index (κ3) is 4.84. The number of aromatic nitrogens is 4. The molecule has 3 rings (SSSR count). The van der Waals surface area contributed by atoms with Crippen LogP contribution >= 0.6 is 0 Å². The Labute approximate surface area is 167 Å². The maximum Gasteiger partial charge on any atom is 0.128 e. The van der Waals surface area contributed by atoms with Crippen molar-refractivity contribution < 1.29 is 5.11 Å². The van der Waals surface area contributed by atoms with Crippen LogP contribution in [0.25, 0.3) is 22.6 Å². The number of rotatable bonds is 8. The molecule has 1 aromatic carbocycles. The minimum atomic E-state index is -0.630. The first-order chi connectivity index (χ1) is 13.4. The van der Waals surface area contributed by atoms with Crippen molar-refractivity contribution in [2.75, 3.05) is 0 Å². The number of benzene rings is 1. The largest absolute Gasteiger partial charge is 0.390 e. The fourth-order valence-corrected chi connectivity index (χ4v) is 3.43. The zero-order valence-corrected chi connectivity index (χ0v) is 17.3. The topological polar surface area (TPSA) is 63.8 Å². The van der Waals surface area contributed by atoms with Crippen molar-refractivity contribution in [3.8, 4) is 22.6 Å². The van der Waals surface area contributed by atoms with Gasteiger partial charge in [0, 0.05) is 24.2 Å². The number of hydrogen-bond donors (Lipinski definition) is 1. The van der Waals surface area contributed by atoms with Crippen LogP contribution in [0, 0.1) is 0 Å². The van der Waals surface area contributed by atoms with Crippen molar-refractivity contribution in [3.05, 3.63) is 54.7 Å². The highest BCUT2D eigenvalue weighted by Crippen LogP contribution is 2.33. The van der Waals surface area contributed by atoms with Crippen LogP contribution in [0.2, 0.25) is 0 Å². The van der Waals surface area contributed by atoms with Crippen molar-refractivity contribution >= 4 is 0 Å². The molecule has 0 radical (unpaired) electrons. The summed E-state index contributed by atoms with van der Waals surface area (Å²) in [7, 11) is 0. The molecule has 1 atom stereocenters. The quantitative estimate of drug-likeness (QED) is 0.594. The highest BCUT2D eigenvalue weighted by molar-refractivity contribution is 5.76. The lowest BCUT2D eigenvalue weighted by atomic mass is 9.99. The fraction of sp³-hybridized carbons (Fsp3) is 0.435. The fourth-order valence-electron chi connectivity index (χ4n) is 3.43. The zero-order chi connectivity index (χ0) is 20.1. The molecule has 0 amide bonds. The number of aliphatic hydroxyl groups is 1. The smallest absolute Gasteiger partial charge is 0.128 e. The summed E-state index contributed by atoms with van der Waals surface area (Å²) in [5, 5.41) is 10.0. The van der Waals surface area contributed by atoms with Crippen LogP contribution in [-0.4, -0.2) is 30.2 Å². The molecular weight excluding hydrogens is 348 g/mol. The molecular formula is C23H30N4O. The van der Waals surface area contributed by atoms with E-state index < -0.39 is 5.60 Å². The normalized spacial score (nSPS) is 12.9.